The van der Waals surface area contributed by atoms with Crippen molar-refractivity contribution in [3.05, 3.63) is 0 Å². The second-order valence-electron chi connectivity index (χ2n) is 3.69. The van der Waals surface area contributed by atoms with Crippen LogP contribution in [-0.4, -0.2) is 28.2 Å². The molecule has 1 aliphatic rings. The van der Waals surface area contributed by atoms with Crippen molar-refractivity contribution < 1.29 is 9.59 Å². The van der Waals surface area contributed by atoms with Crippen molar-refractivity contribution in [2.45, 2.75) is 43.8 Å². The molecule has 0 spiro atoms. The first kappa shape index (κ1) is 13.1. The number of rotatable bonds is 6. The molecule has 0 amide bonds. The number of carbonyl (C=O) groups excluding carboxylic acids is 2. The van der Waals surface area contributed by atoms with Crippen LogP contribution in [0.25, 0.3) is 0 Å². The molecule has 0 aromatic carbocycles. The van der Waals surface area contributed by atoms with Gasteiger partial charge in [0.2, 0.25) is 5.12 Å². The second-order valence-corrected chi connectivity index (χ2v) is 6.10. The van der Waals surface area contributed by atoms with Gasteiger partial charge in [-0.1, -0.05) is 24.6 Å². The Kier molecular flexibility index (Phi) is 7.18. The number of unbranched alkanes of at least 4 members (excludes halogenated alkanes) is 3. The largest absolute Gasteiger partial charge is 0.303 e. The summed E-state index contributed by atoms with van der Waals surface area (Å²) >= 11 is 3.32. The Morgan fingerprint density at radius 1 is 1.27 bits per heavy atom. The van der Waals surface area contributed by atoms with Gasteiger partial charge in [0.05, 0.1) is 5.25 Å². The fourth-order valence-electron chi connectivity index (χ4n) is 1.55. The van der Waals surface area contributed by atoms with Crippen molar-refractivity contribution in [3.8, 4) is 0 Å². The molecule has 0 aromatic heterocycles. The van der Waals surface area contributed by atoms with Crippen LogP contribution >= 0.6 is 23.5 Å². The predicted octanol–water partition coefficient (Wildman–Crippen LogP) is 2.90. The highest BCUT2D eigenvalue weighted by Gasteiger charge is 2.21. The van der Waals surface area contributed by atoms with Crippen molar-refractivity contribution in [3.63, 3.8) is 0 Å². The number of hydrogen-bond donors (Lipinski definition) is 0. The normalized spacial score (nSPS) is 22.4. The highest BCUT2D eigenvalue weighted by molar-refractivity contribution is 8.16. The summed E-state index contributed by atoms with van der Waals surface area (Å²) in [6, 6.07) is 0. The number of aldehydes is 1. The third-order valence-electron chi connectivity index (χ3n) is 2.40. The number of carbonyl (C=O) groups is 2. The summed E-state index contributed by atoms with van der Waals surface area (Å²) in [5.41, 5.74) is 0. The van der Waals surface area contributed by atoms with E-state index < -0.39 is 0 Å². The van der Waals surface area contributed by atoms with E-state index in [4.69, 9.17) is 0 Å². The molecule has 1 aliphatic heterocycles. The molecule has 2 nitrogen and oxygen atoms in total. The SMILES string of the molecule is O=CCCCCCC1SCCCSC1=O. The lowest BCUT2D eigenvalue weighted by Crippen LogP contribution is -2.12. The summed E-state index contributed by atoms with van der Waals surface area (Å²) in [7, 11) is 0. The minimum atomic E-state index is 0.216. The monoisotopic (exact) mass is 246 g/mol. The number of hydrogen-bond acceptors (Lipinski definition) is 4. The minimum absolute atomic E-state index is 0.216. The standard InChI is InChI=1S/C11H18O2S2/c12-7-4-2-1-3-6-10-11(13)15-9-5-8-14-10/h7,10H,1-6,8-9H2. The van der Waals surface area contributed by atoms with Crippen LogP contribution in [0, 0.1) is 0 Å². The summed E-state index contributed by atoms with van der Waals surface area (Å²) in [5, 5.41) is 0.585. The average Bonchev–Trinajstić information content (AvgIpc) is 2.44. The zero-order chi connectivity index (χ0) is 10.9. The Balaban J connectivity index is 2.12. The van der Waals surface area contributed by atoms with E-state index >= 15 is 0 Å². The predicted molar refractivity (Wildman–Crippen MR) is 67.5 cm³/mol. The molecule has 0 aromatic rings. The van der Waals surface area contributed by atoms with Crippen molar-refractivity contribution in [2.75, 3.05) is 11.5 Å². The summed E-state index contributed by atoms with van der Waals surface area (Å²) in [6.45, 7) is 0. The Hall–Kier alpha value is 0.0400. The second kappa shape index (κ2) is 8.22. The van der Waals surface area contributed by atoms with Gasteiger partial charge in [-0.05, 0) is 25.0 Å². The molecule has 1 heterocycles. The molecule has 15 heavy (non-hydrogen) atoms. The lowest BCUT2D eigenvalue weighted by molar-refractivity contribution is -0.110. The Bertz CT molecular complexity index is 207. The van der Waals surface area contributed by atoms with E-state index in [0.717, 1.165) is 49.9 Å². The molecule has 86 valence electrons. The van der Waals surface area contributed by atoms with Gasteiger partial charge in [0.1, 0.15) is 6.29 Å². The first-order valence-corrected chi connectivity index (χ1v) is 7.60. The average molecular weight is 246 g/mol. The van der Waals surface area contributed by atoms with Gasteiger partial charge in [0.25, 0.3) is 0 Å². The molecule has 1 fully saturated rings. The molecule has 1 atom stereocenters. The van der Waals surface area contributed by atoms with Crippen LogP contribution in [0.2, 0.25) is 0 Å². The molecule has 1 unspecified atom stereocenters. The molecule has 0 bridgehead atoms. The van der Waals surface area contributed by atoms with Crippen LogP contribution < -0.4 is 0 Å². The van der Waals surface area contributed by atoms with Crippen LogP contribution in [0.4, 0.5) is 0 Å². The van der Waals surface area contributed by atoms with Gasteiger partial charge in [0, 0.05) is 12.2 Å². The maximum atomic E-state index is 11.6. The third kappa shape index (κ3) is 5.61. The van der Waals surface area contributed by atoms with E-state index in [9.17, 15) is 9.59 Å². The van der Waals surface area contributed by atoms with Crippen LogP contribution in [-0.2, 0) is 9.59 Å². The fourth-order valence-corrected chi connectivity index (χ4v) is 4.00. The summed E-state index contributed by atoms with van der Waals surface area (Å²) in [4.78, 5) is 21.7. The Morgan fingerprint density at radius 3 is 2.93 bits per heavy atom. The maximum absolute atomic E-state index is 11.6. The minimum Gasteiger partial charge on any atom is -0.303 e. The molecule has 0 saturated carbocycles. The van der Waals surface area contributed by atoms with Gasteiger partial charge in [-0.25, -0.2) is 0 Å². The molecule has 0 N–H and O–H groups in total. The summed E-state index contributed by atoms with van der Waals surface area (Å²) < 4.78 is 0. The third-order valence-corrected chi connectivity index (χ3v) is 4.99. The van der Waals surface area contributed by atoms with E-state index in [1.807, 2.05) is 11.8 Å². The molecule has 4 heteroatoms. The molecular weight excluding hydrogens is 228 g/mol. The quantitative estimate of drug-likeness (QED) is 0.533. The zero-order valence-corrected chi connectivity index (χ0v) is 10.6. The first-order chi connectivity index (χ1) is 7.34. The molecule has 0 radical (unpaired) electrons. The molecule has 1 rings (SSSR count). The van der Waals surface area contributed by atoms with Crippen molar-refractivity contribution >= 4 is 34.9 Å². The Labute approximate surface area is 100.0 Å². The van der Waals surface area contributed by atoms with E-state index in [2.05, 4.69) is 0 Å². The molecule has 0 aliphatic carbocycles. The van der Waals surface area contributed by atoms with Gasteiger partial charge in [-0.2, -0.15) is 0 Å². The highest BCUT2D eigenvalue weighted by Crippen LogP contribution is 2.28. The van der Waals surface area contributed by atoms with Crippen LogP contribution in [0.1, 0.15) is 38.5 Å². The van der Waals surface area contributed by atoms with Gasteiger partial charge in [-0.15, -0.1) is 11.8 Å². The van der Waals surface area contributed by atoms with Crippen LogP contribution in [0.3, 0.4) is 0 Å². The number of thioether (sulfide) groups is 2. The topological polar surface area (TPSA) is 34.1 Å². The van der Waals surface area contributed by atoms with E-state index in [1.54, 1.807) is 0 Å². The first-order valence-electron chi connectivity index (χ1n) is 5.56. The van der Waals surface area contributed by atoms with Gasteiger partial charge in [-0.3, -0.25) is 4.79 Å². The van der Waals surface area contributed by atoms with Crippen molar-refractivity contribution in [1.82, 2.24) is 0 Å². The zero-order valence-electron chi connectivity index (χ0n) is 8.94. The molecular formula is C11H18O2S2. The van der Waals surface area contributed by atoms with Crippen LogP contribution in [0.5, 0.6) is 0 Å². The van der Waals surface area contributed by atoms with Crippen LogP contribution in [0.15, 0.2) is 0 Å². The van der Waals surface area contributed by atoms with E-state index in [0.29, 0.717) is 11.5 Å². The van der Waals surface area contributed by atoms with Crippen molar-refractivity contribution in [1.29, 1.82) is 0 Å². The van der Waals surface area contributed by atoms with Gasteiger partial charge < -0.3 is 4.79 Å². The lowest BCUT2D eigenvalue weighted by Gasteiger charge is -2.10. The van der Waals surface area contributed by atoms with Gasteiger partial charge in [0.15, 0.2) is 0 Å². The Morgan fingerprint density at radius 2 is 2.13 bits per heavy atom. The van der Waals surface area contributed by atoms with Gasteiger partial charge >= 0.3 is 0 Å². The summed E-state index contributed by atoms with van der Waals surface area (Å²) in [5.74, 6) is 2.12. The highest BCUT2D eigenvalue weighted by atomic mass is 32.2. The summed E-state index contributed by atoms with van der Waals surface area (Å²) in [6.07, 6.45) is 6.92. The van der Waals surface area contributed by atoms with E-state index in [1.165, 1.54) is 11.8 Å². The fraction of sp³-hybridized carbons (Fsp3) is 0.818. The van der Waals surface area contributed by atoms with E-state index in [-0.39, 0.29) is 5.25 Å². The smallest absolute Gasteiger partial charge is 0.201 e. The lowest BCUT2D eigenvalue weighted by atomic mass is 10.1. The van der Waals surface area contributed by atoms with Crippen molar-refractivity contribution in [2.24, 2.45) is 0 Å². The maximum Gasteiger partial charge on any atom is 0.201 e. The molecule has 1 saturated heterocycles.